The summed E-state index contributed by atoms with van der Waals surface area (Å²) in [6, 6.07) is -0.0153. The number of nitrogens with one attached hydrogen (secondary N) is 1. The van der Waals surface area contributed by atoms with Crippen LogP contribution in [-0.4, -0.2) is 18.0 Å². The maximum Gasteiger partial charge on any atom is 0.237 e. The van der Waals surface area contributed by atoms with E-state index in [9.17, 15) is 4.79 Å². The van der Waals surface area contributed by atoms with Crippen LogP contribution in [0.2, 0.25) is 0 Å². The summed E-state index contributed by atoms with van der Waals surface area (Å²) in [5, 5.41) is 3.13. The molecule has 1 fully saturated rings. The SMILES string of the molecule is CC(C)C[C@@H](N)C(=O)NC1CCC(C)CC1C. The third-order valence-electron chi connectivity index (χ3n) is 3.82. The van der Waals surface area contributed by atoms with E-state index in [1.807, 2.05) is 0 Å². The van der Waals surface area contributed by atoms with E-state index >= 15 is 0 Å². The van der Waals surface area contributed by atoms with Crippen LogP contribution >= 0.6 is 0 Å². The predicted octanol–water partition coefficient (Wildman–Crippen LogP) is 2.30. The van der Waals surface area contributed by atoms with Crippen molar-refractivity contribution >= 4 is 5.91 Å². The number of carbonyl (C=O) groups is 1. The molecule has 4 atom stereocenters. The van der Waals surface area contributed by atoms with Gasteiger partial charge in [-0.25, -0.2) is 0 Å². The normalized spacial score (nSPS) is 31.3. The number of carbonyl (C=O) groups excluding carboxylic acids is 1. The molecular formula is C14H28N2O. The van der Waals surface area contributed by atoms with Gasteiger partial charge in [-0.1, -0.05) is 27.7 Å². The molecule has 100 valence electrons. The molecule has 1 aliphatic rings. The Balaban J connectivity index is 2.40. The molecule has 3 heteroatoms. The highest BCUT2D eigenvalue weighted by atomic mass is 16.2. The summed E-state index contributed by atoms with van der Waals surface area (Å²) >= 11 is 0. The van der Waals surface area contributed by atoms with E-state index in [-0.39, 0.29) is 11.9 Å². The molecule has 0 spiro atoms. The first-order valence-corrected chi connectivity index (χ1v) is 6.96. The Morgan fingerprint density at radius 3 is 2.53 bits per heavy atom. The highest BCUT2D eigenvalue weighted by molar-refractivity contribution is 5.81. The van der Waals surface area contributed by atoms with Crippen molar-refractivity contribution in [1.82, 2.24) is 5.32 Å². The van der Waals surface area contributed by atoms with Crippen LogP contribution in [0.25, 0.3) is 0 Å². The van der Waals surface area contributed by atoms with Crippen LogP contribution in [0.5, 0.6) is 0 Å². The Labute approximate surface area is 106 Å². The van der Waals surface area contributed by atoms with Gasteiger partial charge in [0.2, 0.25) is 5.91 Å². The molecule has 0 bridgehead atoms. The predicted molar refractivity (Wildman–Crippen MR) is 71.5 cm³/mol. The minimum absolute atomic E-state index is 0.0325. The number of nitrogens with two attached hydrogens (primary N) is 1. The lowest BCUT2D eigenvalue weighted by Gasteiger charge is -2.33. The fourth-order valence-corrected chi connectivity index (χ4v) is 2.78. The van der Waals surface area contributed by atoms with Crippen LogP contribution in [0.1, 0.15) is 53.4 Å². The maximum absolute atomic E-state index is 11.9. The molecule has 3 nitrogen and oxygen atoms in total. The average Bonchev–Trinajstić information content (AvgIpc) is 2.21. The van der Waals surface area contributed by atoms with Gasteiger partial charge in [-0.2, -0.15) is 0 Å². The third-order valence-corrected chi connectivity index (χ3v) is 3.82. The lowest BCUT2D eigenvalue weighted by Crippen LogP contribution is -2.49. The summed E-state index contributed by atoms with van der Waals surface area (Å²) in [6.07, 6.45) is 4.30. The molecule has 1 saturated carbocycles. The van der Waals surface area contributed by atoms with Crippen LogP contribution < -0.4 is 11.1 Å². The van der Waals surface area contributed by atoms with E-state index in [0.29, 0.717) is 17.9 Å². The van der Waals surface area contributed by atoms with Gasteiger partial charge in [0, 0.05) is 6.04 Å². The van der Waals surface area contributed by atoms with Crippen LogP contribution in [-0.2, 0) is 4.79 Å². The first kappa shape index (κ1) is 14.5. The number of hydrogen-bond donors (Lipinski definition) is 2. The topological polar surface area (TPSA) is 55.1 Å². The molecule has 17 heavy (non-hydrogen) atoms. The van der Waals surface area contributed by atoms with Crippen LogP contribution in [0.3, 0.4) is 0 Å². The molecule has 0 radical (unpaired) electrons. The maximum atomic E-state index is 11.9. The Morgan fingerprint density at radius 1 is 1.35 bits per heavy atom. The molecule has 0 aromatic heterocycles. The minimum atomic E-state index is -0.346. The molecule has 0 aromatic rings. The van der Waals surface area contributed by atoms with Gasteiger partial charge in [-0.15, -0.1) is 0 Å². The van der Waals surface area contributed by atoms with Crippen LogP contribution in [0.15, 0.2) is 0 Å². The molecule has 0 aliphatic heterocycles. The van der Waals surface area contributed by atoms with Crippen molar-refractivity contribution in [3.63, 3.8) is 0 Å². The van der Waals surface area contributed by atoms with Gasteiger partial charge in [0.15, 0.2) is 0 Å². The Hall–Kier alpha value is -0.570. The fraction of sp³-hybridized carbons (Fsp3) is 0.929. The summed E-state index contributed by atoms with van der Waals surface area (Å²) in [6.45, 7) is 8.71. The van der Waals surface area contributed by atoms with E-state index < -0.39 is 0 Å². The molecule has 3 unspecified atom stereocenters. The Morgan fingerprint density at radius 2 is 2.00 bits per heavy atom. The lowest BCUT2D eigenvalue weighted by atomic mass is 9.80. The largest absolute Gasteiger partial charge is 0.352 e. The third kappa shape index (κ3) is 4.66. The second-order valence-corrected chi connectivity index (χ2v) is 6.25. The van der Waals surface area contributed by atoms with Gasteiger partial charge in [0.05, 0.1) is 6.04 Å². The summed E-state index contributed by atoms with van der Waals surface area (Å²) < 4.78 is 0. The van der Waals surface area contributed by atoms with E-state index in [2.05, 4.69) is 33.0 Å². The zero-order valence-corrected chi connectivity index (χ0v) is 11.7. The van der Waals surface area contributed by atoms with E-state index in [1.54, 1.807) is 0 Å². The molecule has 1 rings (SSSR count). The number of hydrogen-bond acceptors (Lipinski definition) is 2. The summed E-state index contributed by atoms with van der Waals surface area (Å²) in [7, 11) is 0. The number of amides is 1. The highest BCUT2D eigenvalue weighted by Crippen LogP contribution is 2.28. The molecule has 0 saturated heterocycles. The first-order chi connectivity index (χ1) is 7.90. The van der Waals surface area contributed by atoms with Gasteiger partial charge in [0.25, 0.3) is 0 Å². The van der Waals surface area contributed by atoms with E-state index in [0.717, 1.165) is 18.8 Å². The highest BCUT2D eigenvalue weighted by Gasteiger charge is 2.27. The lowest BCUT2D eigenvalue weighted by molar-refractivity contribution is -0.124. The average molecular weight is 240 g/mol. The van der Waals surface area contributed by atoms with Gasteiger partial charge < -0.3 is 11.1 Å². The van der Waals surface area contributed by atoms with Crippen molar-refractivity contribution in [1.29, 1.82) is 0 Å². The van der Waals surface area contributed by atoms with E-state index in [4.69, 9.17) is 5.73 Å². The monoisotopic (exact) mass is 240 g/mol. The molecule has 3 N–H and O–H groups in total. The zero-order chi connectivity index (χ0) is 13.0. The van der Waals surface area contributed by atoms with E-state index in [1.165, 1.54) is 12.8 Å². The van der Waals surface area contributed by atoms with Crippen molar-refractivity contribution in [2.75, 3.05) is 0 Å². The second-order valence-electron chi connectivity index (χ2n) is 6.25. The molecule has 0 heterocycles. The zero-order valence-electron chi connectivity index (χ0n) is 11.7. The van der Waals surface area contributed by atoms with Gasteiger partial charge >= 0.3 is 0 Å². The summed E-state index contributed by atoms with van der Waals surface area (Å²) in [4.78, 5) is 11.9. The Kier molecular flexibility index (Phi) is 5.44. The summed E-state index contributed by atoms with van der Waals surface area (Å²) in [5.41, 5.74) is 5.90. The van der Waals surface area contributed by atoms with Crippen molar-refractivity contribution in [3.8, 4) is 0 Å². The molecule has 0 aromatic carbocycles. The second kappa shape index (κ2) is 6.39. The standard InChI is InChI=1S/C14H28N2O/c1-9(2)7-12(15)14(17)16-13-6-5-10(3)8-11(13)4/h9-13H,5-8,15H2,1-4H3,(H,16,17)/t10?,11?,12-,13?/m1/s1. The van der Waals surface area contributed by atoms with Gasteiger partial charge in [0.1, 0.15) is 0 Å². The first-order valence-electron chi connectivity index (χ1n) is 6.96. The molecule has 1 amide bonds. The van der Waals surface area contributed by atoms with Crippen molar-refractivity contribution in [2.45, 2.75) is 65.5 Å². The minimum Gasteiger partial charge on any atom is -0.352 e. The number of rotatable bonds is 4. The fourth-order valence-electron chi connectivity index (χ4n) is 2.78. The van der Waals surface area contributed by atoms with Gasteiger partial charge in [-0.3, -0.25) is 4.79 Å². The van der Waals surface area contributed by atoms with Crippen molar-refractivity contribution < 1.29 is 4.79 Å². The van der Waals surface area contributed by atoms with Crippen LogP contribution in [0.4, 0.5) is 0 Å². The smallest absolute Gasteiger partial charge is 0.237 e. The quantitative estimate of drug-likeness (QED) is 0.792. The van der Waals surface area contributed by atoms with Crippen molar-refractivity contribution in [2.24, 2.45) is 23.5 Å². The van der Waals surface area contributed by atoms with Crippen molar-refractivity contribution in [3.05, 3.63) is 0 Å². The van der Waals surface area contributed by atoms with Gasteiger partial charge in [-0.05, 0) is 43.4 Å². The molecule has 1 aliphatic carbocycles. The van der Waals surface area contributed by atoms with Crippen LogP contribution in [0, 0.1) is 17.8 Å². The molecular weight excluding hydrogens is 212 g/mol. The summed E-state index contributed by atoms with van der Waals surface area (Å²) in [5.74, 6) is 1.88. The Bertz CT molecular complexity index is 253.